The van der Waals surface area contributed by atoms with Gasteiger partial charge in [-0.1, -0.05) is 74.9 Å². The van der Waals surface area contributed by atoms with Crippen LogP contribution in [0.3, 0.4) is 0 Å². The Morgan fingerprint density at radius 1 is 1.06 bits per heavy atom. The van der Waals surface area contributed by atoms with Crippen LogP contribution >= 0.6 is 0 Å². The Bertz CT molecular complexity index is 530. The summed E-state index contributed by atoms with van der Waals surface area (Å²) in [6, 6.07) is 9.31. The molecule has 0 saturated heterocycles. The Morgan fingerprint density at radius 3 is 2.17 bits per heavy atom. The van der Waals surface area contributed by atoms with E-state index in [1.807, 2.05) is 30.3 Å². The predicted octanol–water partition coefficient (Wildman–Crippen LogP) is 4.12. The van der Waals surface area contributed by atoms with Gasteiger partial charge in [-0.05, 0) is 11.1 Å². The van der Waals surface area contributed by atoms with E-state index >= 15 is 0 Å². The van der Waals surface area contributed by atoms with E-state index in [-0.39, 0.29) is 5.78 Å². The smallest absolute Gasteiger partial charge is 0.193 e. The lowest BCUT2D eigenvalue weighted by atomic mass is 9.94. The number of Topliss-reactive ketones (excluding diaryl/α,β-unsaturated/α-hetero) is 1. The van der Waals surface area contributed by atoms with Crippen molar-refractivity contribution in [2.75, 3.05) is 0 Å². The molecule has 0 radical (unpaired) electrons. The highest BCUT2D eigenvalue weighted by Crippen LogP contribution is 2.20. The van der Waals surface area contributed by atoms with E-state index < -0.39 is 0 Å². The van der Waals surface area contributed by atoms with Gasteiger partial charge in [0, 0.05) is 11.1 Å². The highest BCUT2D eigenvalue weighted by molar-refractivity contribution is 6.29. The van der Waals surface area contributed by atoms with Crippen LogP contribution in [0.5, 0.6) is 0 Å². The van der Waals surface area contributed by atoms with Gasteiger partial charge in [0.05, 0.1) is 0 Å². The van der Waals surface area contributed by atoms with Crippen molar-refractivity contribution in [2.45, 2.75) is 0 Å². The van der Waals surface area contributed by atoms with Gasteiger partial charge in [-0.2, -0.15) is 0 Å². The number of allylic oxidation sites excluding steroid dienone is 6. The Hall–Kier alpha value is -2.41. The normalized spacial score (nSPS) is 10.6. The van der Waals surface area contributed by atoms with E-state index in [9.17, 15) is 4.79 Å². The Kier molecular flexibility index (Phi) is 4.82. The maximum atomic E-state index is 12.2. The fourth-order valence-corrected chi connectivity index (χ4v) is 1.50. The van der Waals surface area contributed by atoms with E-state index in [1.54, 1.807) is 18.2 Å². The second kappa shape index (κ2) is 6.36. The van der Waals surface area contributed by atoms with Gasteiger partial charge in [-0.15, -0.1) is 0 Å². The molecule has 90 valence electrons. The first-order valence-electron chi connectivity index (χ1n) is 5.55. The zero-order chi connectivity index (χ0) is 13.5. The molecular formula is C17H16O. The standard InChI is InChI=1S/C17H16O/c1-5-10-15(6-2)13(3)17(18)14(4)16-11-8-7-9-12-16/h5-12H,1-4H2/b15-10+. The van der Waals surface area contributed by atoms with Gasteiger partial charge in [0.15, 0.2) is 5.78 Å². The molecule has 1 rings (SSSR count). The van der Waals surface area contributed by atoms with E-state index in [0.717, 1.165) is 5.56 Å². The van der Waals surface area contributed by atoms with Crippen molar-refractivity contribution in [3.05, 3.63) is 91.6 Å². The van der Waals surface area contributed by atoms with E-state index in [4.69, 9.17) is 0 Å². The predicted molar refractivity (Wildman–Crippen MR) is 78.1 cm³/mol. The average molecular weight is 236 g/mol. The summed E-state index contributed by atoms with van der Waals surface area (Å²) in [6.07, 6.45) is 4.88. The average Bonchev–Trinajstić information content (AvgIpc) is 2.43. The molecule has 0 N–H and O–H groups in total. The van der Waals surface area contributed by atoms with Crippen molar-refractivity contribution in [3.63, 3.8) is 0 Å². The van der Waals surface area contributed by atoms with Crippen LogP contribution in [0, 0.1) is 0 Å². The van der Waals surface area contributed by atoms with Crippen LogP contribution in [0.15, 0.2) is 86.0 Å². The Labute approximate surface area is 108 Å². The van der Waals surface area contributed by atoms with E-state index in [2.05, 4.69) is 26.3 Å². The molecule has 0 aliphatic rings. The summed E-state index contributed by atoms with van der Waals surface area (Å²) < 4.78 is 0. The maximum absolute atomic E-state index is 12.2. The van der Waals surface area contributed by atoms with Crippen LogP contribution in [0.25, 0.3) is 5.57 Å². The Balaban J connectivity index is 2.99. The first-order chi connectivity index (χ1) is 8.61. The molecule has 0 atom stereocenters. The molecule has 0 aromatic heterocycles. The molecule has 0 aliphatic carbocycles. The van der Waals surface area contributed by atoms with Crippen molar-refractivity contribution >= 4 is 11.4 Å². The minimum absolute atomic E-state index is 0.186. The SMILES string of the molecule is C=C/C=C(\C=C)C(=C)C(=O)C(=C)c1ccccc1. The van der Waals surface area contributed by atoms with Crippen LogP contribution in [0.1, 0.15) is 5.56 Å². The summed E-state index contributed by atoms with van der Waals surface area (Å²) >= 11 is 0. The molecular weight excluding hydrogens is 220 g/mol. The van der Waals surface area contributed by atoms with Crippen LogP contribution in [0.2, 0.25) is 0 Å². The first kappa shape index (κ1) is 13.7. The minimum Gasteiger partial charge on any atom is -0.289 e. The number of carbonyl (C=O) groups is 1. The van der Waals surface area contributed by atoms with Gasteiger partial charge >= 0.3 is 0 Å². The van der Waals surface area contributed by atoms with Crippen molar-refractivity contribution in [2.24, 2.45) is 0 Å². The molecule has 1 heteroatoms. The summed E-state index contributed by atoms with van der Waals surface area (Å²) in [5, 5.41) is 0. The van der Waals surface area contributed by atoms with Crippen LogP contribution in [-0.2, 0) is 4.79 Å². The van der Waals surface area contributed by atoms with Crippen LogP contribution in [-0.4, -0.2) is 5.78 Å². The third-order valence-electron chi connectivity index (χ3n) is 2.54. The van der Waals surface area contributed by atoms with Crippen LogP contribution < -0.4 is 0 Å². The fourth-order valence-electron chi connectivity index (χ4n) is 1.50. The monoisotopic (exact) mass is 236 g/mol. The van der Waals surface area contributed by atoms with E-state index in [0.29, 0.717) is 16.7 Å². The number of hydrogen-bond acceptors (Lipinski definition) is 1. The quantitative estimate of drug-likeness (QED) is 0.536. The summed E-state index contributed by atoms with van der Waals surface area (Å²) in [7, 11) is 0. The molecule has 0 fully saturated rings. The lowest BCUT2D eigenvalue weighted by molar-refractivity contribution is -0.110. The van der Waals surface area contributed by atoms with Gasteiger partial charge in [-0.3, -0.25) is 4.79 Å². The number of rotatable bonds is 6. The zero-order valence-corrected chi connectivity index (χ0v) is 10.4. The molecule has 1 nitrogen and oxygen atoms in total. The lowest BCUT2D eigenvalue weighted by Gasteiger charge is -2.08. The largest absolute Gasteiger partial charge is 0.289 e. The third kappa shape index (κ3) is 3.05. The second-order valence-corrected chi connectivity index (χ2v) is 3.71. The van der Waals surface area contributed by atoms with Crippen molar-refractivity contribution in [1.29, 1.82) is 0 Å². The molecule has 1 aromatic carbocycles. The topological polar surface area (TPSA) is 17.1 Å². The van der Waals surface area contributed by atoms with Gasteiger partial charge in [0.1, 0.15) is 0 Å². The molecule has 0 aliphatic heterocycles. The summed E-state index contributed by atoms with van der Waals surface area (Å²) in [5.41, 5.74) is 2.26. The van der Waals surface area contributed by atoms with Gasteiger partial charge in [0.2, 0.25) is 0 Å². The third-order valence-corrected chi connectivity index (χ3v) is 2.54. The molecule has 0 amide bonds. The Morgan fingerprint density at radius 2 is 1.67 bits per heavy atom. The van der Waals surface area contributed by atoms with Crippen LogP contribution in [0.4, 0.5) is 0 Å². The number of carbonyl (C=O) groups excluding carboxylic acids is 1. The molecule has 0 saturated carbocycles. The lowest BCUT2D eigenvalue weighted by Crippen LogP contribution is -2.05. The maximum Gasteiger partial charge on any atom is 0.193 e. The first-order valence-corrected chi connectivity index (χ1v) is 5.55. The van der Waals surface area contributed by atoms with Gasteiger partial charge in [0.25, 0.3) is 0 Å². The zero-order valence-electron chi connectivity index (χ0n) is 10.4. The summed E-state index contributed by atoms with van der Waals surface area (Å²) in [6.45, 7) is 14.9. The molecule has 0 spiro atoms. The molecule has 0 unspecified atom stereocenters. The molecule has 1 aromatic rings. The highest BCUT2D eigenvalue weighted by Gasteiger charge is 2.14. The molecule has 0 bridgehead atoms. The van der Waals surface area contributed by atoms with Crippen molar-refractivity contribution < 1.29 is 4.79 Å². The van der Waals surface area contributed by atoms with Crippen molar-refractivity contribution in [3.8, 4) is 0 Å². The van der Waals surface area contributed by atoms with E-state index in [1.165, 1.54) is 0 Å². The number of ketones is 1. The summed E-state index contributed by atoms with van der Waals surface area (Å²) in [5.74, 6) is -0.186. The van der Waals surface area contributed by atoms with Gasteiger partial charge in [-0.25, -0.2) is 0 Å². The minimum atomic E-state index is -0.186. The summed E-state index contributed by atoms with van der Waals surface area (Å²) in [4.78, 5) is 12.2. The van der Waals surface area contributed by atoms with Gasteiger partial charge < -0.3 is 0 Å². The fraction of sp³-hybridized carbons (Fsp3) is 0. The number of hydrogen-bond donors (Lipinski definition) is 0. The van der Waals surface area contributed by atoms with Crippen molar-refractivity contribution in [1.82, 2.24) is 0 Å². The highest BCUT2D eigenvalue weighted by atomic mass is 16.1. The number of benzene rings is 1. The second-order valence-electron chi connectivity index (χ2n) is 3.71. The molecule has 0 heterocycles. The molecule has 18 heavy (non-hydrogen) atoms.